The van der Waals surface area contributed by atoms with Gasteiger partial charge >= 0.3 is 0 Å². The van der Waals surface area contributed by atoms with Gasteiger partial charge in [0.05, 0.1) is 11.7 Å². The van der Waals surface area contributed by atoms with Crippen LogP contribution < -0.4 is 4.74 Å². The van der Waals surface area contributed by atoms with E-state index in [2.05, 4.69) is 28.9 Å². The Bertz CT molecular complexity index is 438. The van der Waals surface area contributed by atoms with E-state index in [4.69, 9.17) is 10.00 Å². The van der Waals surface area contributed by atoms with Crippen LogP contribution >= 0.6 is 15.9 Å². The molecule has 1 aliphatic carbocycles. The second kappa shape index (κ2) is 5.55. The number of benzene rings is 1. The van der Waals surface area contributed by atoms with Gasteiger partial charge in [-0.1, -0.05) is 13.3 Å². The summed E-state index contributed by atoms with van der Waals surface area (Å²) < 4.78 is 6.77. The van der Waals surface area contributed by atoms with Crippen LogP contribution in [0.4, 0.5) is 0 Å². The highest BCUT2D eigenvalue weighted by Crippen LogP contribution is 2.29. The molecule has 1 aromatic carbocycles. The van der Waals surface area contributed by atoms with Crippen LogP contribution in [0.25, 0.3) is 0 Å². The molecule has 2 nitrogen and oxygen atoms in total. The zero-order valence-electron chi connectivity index (χ0n) is 9.95. The fourth-order valence-electron chi connectivity index (χ4n) is 2.34. The zero-order valence-corrected chi connectivity index (χ0v) is 11.5. The number of halogens is 1. The molecule has 2 unspecified atom stereocenters. The average Bonchev–Trinajstić information content (AvgIpc) is 2.29. The smallest absolute Gasteiger partial charge is 0.120 e. The lowest BCUT2D eigenvalue weighted by Gasteiger charge is -2.27. The standard InChI is InChI=1S/C14H16BrNO/c1-10-3-2-4-12(7-10)17-13-6-5-11(9-16)14(15)8-13/h5-6,8,10,12H,2-4,7H2,1H3. The van der Waals surface area contributed by atoms with Crippen molar-refractivity contribution in [3.05, 3.63) is 28.2 Å². The number of hydrogen-bond acceptors (Lipinski definition) is 2. The molecular formula is C14H16BrNO. The number of nitrogens with zero attached hydrogens (tertiary/aromatic N) is 1. The Balaban J connectivity index is 2.04. The van der Waals surface area contributed by atoms with Crippen molar-refractivity contribution in [2.45, 2.75) is 38.7 Å². The van der Waals surface area contributed by atoms with Crippen LogP contribution in [-0.2, 0) is 0 Å². The van der Waals surface area contributed by atoms with Crippen molar-refractivity contribution in [3.8, 4) is 11.8 Å². The van der Waals surface area contributed by atoms with Crippen LogP contribution in [0.3, 0.4) is 0 Å². The molecule has 17 heavy (non-hydrogen) atoms. The lowest BCUT2D eigenvalue weighted by molar-refractivity contribution is 0.129. The number of rotatable bonds is 2. The molecule has 0 radical (unpaired) electrons. The molecule has 1 aliphatic rings. The van der Waals surface area contributed by atoms with Crippen LogP contribution in [-0.4, -0.2) is 6.10 Å². The lowest BCUT2D eigenvalue weighted by Crippen LogP contribution is -2.24. The fraction of sp³-hybridized carbons (Fsp3) is 0.500. The van der Waals surface area contributed by atoms with Crippen molar-refractivity contribution in [2.24, 2.45) is 5.92 Å². The predicted octanol–water partition coefficient (Wildman–Crippen LogP) is 4.28. The summed E-state index contributed by atoms with van der Waals surface area (Å²) in [5.41, 5.74) is 0.648. The molecule has 0 amide bonds. The molecule has 0 N–H and O–H groups in total. The molecule has 1 aromatic rings. The van der Waals surface area contributed by atoms with E-state index in [9.17, 15) is 0 Å². The van der Waals surface area contributed by atoms with Crippen molar-refractivity contribution >= 4 is 15.9 Å². The predicted molar refractivity (Wildman–Crippen MR) is 70.9 cm³/mol. The van der Waals surface area contributed by atoms with E-state index in [0.29, 0.717) is 11.7 Å². The van der Waals surface area contributed by atoms with E-state index in [1.807, 2.05) is 12.1 Å². The third-order valence-corrected chi connectivity index (χ3v) is 3.91. The summed E-state index contributed by atoms with van der Waals surface area (Å²) in [5, 5.41) is 8.84. The number of ether oxygens (including phenoxy) is 1. The van der Waals surface area contributed by atoms with E-state index in [0.717, 1.165) is 29.0 Å². The van der Waals surface area contributed by atoms with Gasteiger partial charge < -0.3 is 4.74 Å². The van der Waals surface area contributed by atoms with Gasteiger partial charge in [-0.05, 0) is 59.3 Å². The van der Waals surface area contributed by atoms with E-state index in [1.165, 1.54) is 12.8 Å². The normalized spacial score (nSPS) is 24.1. The topological polar surface area (TPSA) is 33.0 Å². The van der Waals surface area contributed by atoms with Gasteiger partial charge in [0.1, 0.15) is 11.8 Å². The minimum Gasteiger partial charge on any atom is -0.490 e. The highest BCUT2D eigenvalue weighted by Gasteiger charge is 2.20. The molecule has 1 saturated carbocycles. The minimum absolute atomic E-state index is 0.332. The average molecular weight is 294 g/mol. The van der Waals surface area contributed by atoms with E-state index < -0.39 is 0 Å². The highest BCUT2D eigenvalue weighted by molar-refractivity contribution is 9.10. The Kier molecular flexibility index (Phi) is 4.06. The van der Waals surface area contributed by atoms with Gasteiger partial charge in [0, 0.05) is 4.47 Å². The maximum absolute atomic E-state index is 8.84. The zero-order chi connectivity index (χ0) is 12.3. The summed E-state index contributed by atoms with van der Waals surface area (Å²) in [7, 11) is 0. The lowest BCUT2D eigenvalue weighted by atomic mass is 9.89. The Morgan fingerprint density at radius 2 is 2.24 bits per heavy atom. The minimum atomic E-state index is 0.332. The largest absolute Gasteiger partial charge is 0.490 e. The summed E-state index contributed by atoms with van der Waals surface area (Å²) >= 11 is 3.38. The van der Waals surface area contributed by atoms with E-state index in [-0.39, 0.29) is 0 Å². The molecule has 0 aliphatic heterocycles. The Morgan fingerprint density at radius 1 is 1.41 bits per heavy atom. The summed E-state index contributed by atoms with van der Waals surface area (Å²) in [5.74, 6) is 1.62. The van der Waals surface area contributed by atoms with Crippen LogP contribution in [0.5, 0.6) is 5.75 Å². The highest BCUT2D eigenvalue weighted by atomic mass is 79.9. The molecule has 0 spiro atoms. The molecule has 1 fully saturated rings. The Hall–Kier alpha value is -1.01. The quantitative estimate of drug-likeness (QED) is 0.815. The Morgan fingerprint density at radius 3 is 2.88 bits per heavy atom. The monoisotopic (exact) mass is 293 g/mol. The first kappa shape index (κ1) is 12.4. The second-order valence-corrected chi connectivity index (χ2v) is 5.62. The number of hydrogen-bond donors (Lipinski definition) is 0. The molecule has 90 valence electrons. The van der Waals surface area contributed by atoms with Gasteiger partial charge in [-0.3, -0.25) is 0 Å². The van der Waals surface area contributed by atoms with Crippen LogP contribution in [0, 0.1) is 17.2 Å². The molecule has 2 atom stereocenters. The maximum Gasteiger partial charge on any atom is 0.120 e. The summed E-state index contributed by atoms with van der Waals surface area (Å²) in [6.45, 7) is 2.28. The van der Waals surface area contributed by atoms with Gasteiger partial charge in [0.15, 0.2) is 0 Å². The third kappa shape index (κ3) is 3.23. The van der Waals surface area contributed by atoms with Crippen LogP contribution in [0.2, 0.25) is 0 Å². The molecule has 0 aromatic heterocycles. The molecular weight excluding hydrogens is 278 g/mol. The van der Waals surface area contributed by atoms with Crippen molar-refractivity contribution in [2.75, 3.05) is 0 Å². The van der Waals surface area contributed by atoms with Crippen LogP contribution in [0.15, 0.2) is 22.7 Å². The van der Waals surface area contributed by atoms with Gasteiger partial charge in [-0.15, -0.1) is 0 Å². The third-order valence-electron chi connectivity index (χ3n) is 3.25. The van der Waals surface area contributed by atoms with Gasteiger partial charge in [0.25, 0.3) is 0 Å². The van der Waals surface area contributed by atoms with Gasteiger partial charge in [-0.2, -0.15) is 5.26 Å². The summed E-state index contributed by atoms with van der Waals surface area (Å²) in [4.78, 5) is 0. The first-order valence-electron chi connectivity index (χ1n) is 6.05. The van der Waals surface area contributed by atoms with Crippen molar-refractivity contribution in [3.63, 3.8) is 0 Å². The number of nitriles is 1. The second-order valence-electron chi connectivity index (χ2n) is 4.77. The first-order chi connectivity index (χ1) is 8.19. The fourth-order valence-corrected chi connectivity index (χ4v) is 2.78. The molecule has 2 rings (SSSR count). The molecule has 0 bridgehead atoms. The van der Waals surface area contributed by atoms with Crippen molar-refractivity contribution in [1.82, 2.24) is 0 Å². The van der Waals surface area contributed by atoms with E-state index >= 15 is 0 Å². The van der Waals surface area contributed by atoms with Crippen LogP contribution in [0.1, 0.15) is 38.2 Å². The molecule has 3 heteroatoms. The summed E-state index contributed by atoms with van der Waals surface area (Å²) in [6, 6.07) is 7.69. The summed E-state index contributed by atoms with van der Waals surface area (Å²) in [6.07, 6.45) is 5.18. The molecule has 0 saturated heterocycles. The van der Waals surface area contributed by atoms with E-state index in [1.54, 1.807) is 6.07 Å². The molecule has 0 heterocycles. The van der Waals surface area contributed by atoms with Gasteiger partial charge in [0.2, 0.25) is 0 Å². The first-order valence-corrected chi connectivity index (χ1v) is 6.84. The van der Waals surface area contributed by atoms with Gasteiger partial charge in [-0.25, -0.2) is 0 Å². The van der Waals surface area contributed by atoms with Crippen molar-refractivity contribution < 1.29 is 4.74 Å². The van der Waals surface area contributed by atoms with Crippen molar-refractivity contribution in [1.29, 1.82) is 5.26 Å². The Labute approximate surface area is 111 Å². The SMILES string of the molecule is CC1CCCC(Oc2ccc(C#N)c(Br)c2)C1. The maximum atomic E-state index is 8.84.